The fraction of sp³-hybridized carbons (Fsp3) is 0.107. The lowest BCUT2D eigenvalue weighted by Gasteiger charge is -2.14. The van der Waals surface area contributed by atoms with E-state index in [-0.39, 0.29) is 11.8 Å². The lowest BCUT2D eigenvalue weighted by atomic mass is 9.97. The third-order valence-electron chi connectivity index (χ3n) is 6.41. The molecule has 6 heteroatoms. The van der Waals surface area contributed by atoms with E-state index in [1.54, 1.807) is 18.3 Å². The van der Waals surface area contributed by atoms with Gasteiger partial charge < -0.3 is 9.55 Å². The Hall–Kier alpha value is -4.45. The van der Waals surface area contributed by atoms with Crippen molar-refractivity contribution in [2.75, 3.05) is 0 Å². The number of pyridine rings is 1. The molecule has 7 rings (SSSR count). The van der Waals surface area contributed by atoms with Gasteiger partial charge in [0.15, 0.2) is 0 Å². The number of nitrogens with one attached hydrogen (secondary N) is 2. The Bertz CT molecular complexity index is 1560. The topological polar surface area (TPSA) is 79.8 Å². The molecule has 0 bridgehead atoms. The number of nitrogens with zero attached hydrogens (tertiary/aromatic N) is 2. The predicted octanol–water partition coefficient (Wildman–Crippen LogP) is 4.72. The SMILES string of the molecule is O=C1NC(=O)C(c2cn3c4c(cccc24)CCC3)=C1c1ccccn1.c1ccc2[nH]ccc2c1. The standard InChI is InChI=1S/C20H15N3O2.C8H7N/c24-19-16(17(20(25)22-19)15-8-1-2-9-21-15)14-11-23-10-4-6-12-5-3-7-13(14)18(12)23;1-2-4-8-7(3-1)5-6-9-8/h1-3,5,7-9,11H,4,6,10H2,(H,22,24,25);1-6,9H. The number of benzene rings is 2. The van der Waals surface area contributed by atoms with Crippen LogP contribution in [0.3, 0.4) is 0 Å². The molecule has 3 aromatic heterocycles. The van der Waals surface area contributed by atoms with E-state index in [0.717, 1.165) is 30.3 Å². The van der Waals surface area contributed by atoms with Crippen molar-refractivity contribution in [1.82, 2.24) is 19.9 Å². The highest BCUT2D eigenvalue weighted by Crippen LogP contribution is 2.37. The van der Waals surface area contributed by atoms with Crippen LogP contribution < -0.4 is 5.32 Å². The first kappa shape index (κ1) is 20.2. The van der Waals surface area contributed by atoms with E-state index in [2.05, 4.69) is 44.1 Å². The van der Waals surface area contributed by atoms with Crippen molar-refractivity contribution in [3.63, 3.8) is 0 Å². The molecule has 5 aromatic rings. The van der Waals surface area contributed by atoms with Gasteiger partial charge in [0.05, 0.1) is 22.4 Å². The van der Waals surface area contributed by atoms with Gasteiger partial charge in [0.25, 0.3) is 11.8 Å². The first-order chi connectivity index (χ1) is 16.7. The summed E-state index contributed by atoms with van der Waals surface area (Å²) >= 11 is 0. The average molecular weight is 447 g/mol. The summed E-state index contributed by atoms with van der Waals surface area (Å²) in [5.74, 6) is -0.736. The zero-order valence-electron chi connectivity index (χ0n) is 18.4. The highest BCUT2D eigenvalue weighted by atomic mass is 16.2. The molecule has 5 heterocycles. The number of carbonyl (C=O) groups excluding carboxylic acids is 2. The Balaban J connectivity index is 0.000000202. The Morgan fingerprint density at radius 2 is 1.71 bits per heavy atom. The highest BCUT2D eigenvalue weighted by molar-refractivity contribution is 6.49. The Kier molecular flexibility index (Phi) is 4.84. The minimum absolute atomic E-state index is 0.352. The van der Waals surface area contributed by atoms with E-state index in [1.807, 2.05) is 42.7 Å². The van der Waals surface area contributed by atoms with E-state index < -0.39 is 0 Å². The molecule has 2 aliphatic rings. The van der Waals surface area contributed by atoms with Crippen LogP contribution >= 0.6 is 0 Å². The average Bonchev–Trinajstić information content (AvgIpc) is 3.57. The Morgan fingerprint density at radius 3 is 2.56 bits per heavy atom. The number of aryl methyl sites for hydroxylation is 2. The van der Waals surface area contributed by atoms with Crippen LogP contribution in [0.15, 0.2) is 85.3 Å². The number of aromatic amines is 1. The lowest BCUT2D eigenvalue weighted by molar-refractivity contribution is -0.122. The van der Waals surface area contributed by atoms with E-state index in [9.17, 15) is 9.59 Å². The Morgan fingerprint density at radius 1 is 0.853 bits per heavy atom. The van der Waals surface area contributed by atoms with Crippen LogP contribution in [0.5, 0.6) is 0 Å². The molecule has 0 radical (unpaired) electrons. The number of hydrogen-bond donors (Lipinski definition) is 2. The summed E-state index contributed by atoms with van der Waals surface area (Å²) in [5, 5.41) is 4.73. The summed E-state index contributed by atoms with van der Waals surface area (Å²) in [7, 11) is 0. The molecule has 6 nitrogen and oxygen atoms in total. The van der Waals surface area contributed by atoms with Crippen molar-refractivity contribution in [2.24, 2.45) is 0 Å². The molecule has 2 aromatic carbocycles. The molecule has 0 spiro atoms. The van der Waals surface area contributed by atoms with Crippen LogP contribution in [0.4, 0.5) is 0 Å². The van der Waals surface area contributed by atoms with E-state index in [4.69, 9.17) is 0 Å². The quantitative estimate of drug-likeness (QED) is 0.385. The molecule has 0 saturated heterocycles. The van der Waals surface area contributed by atoms with Gasteiger partial charge in [-0.25, -0.2) is 0 Å². The maximum Gasteiger partial charge on any atom is 0.261 e. The normalized spacial score (nSPS) is 14.9. The zero-order valence-corrected chi connectivity index (χ0v) is 18.4. The number of rotatable bonds is 2. The number of H-pyrrole nitrogens is 1. The molecule has 0 aliphatic carbocycles. The van der Waals surface area contributed by atoms with Gasteiger partial charge in [-0.3, -0.25) is 19.9 Å². The second-order valence-electron chi connectivity index (χ2n) is 8.47. The van der Waals surface area contributed by atoms with Crippen LogP contribution in [0.25, 0.3) is 33.0 Å². The summed E-state index contributed by atoms with van der Waals surface area (Å²) in [6.07, 6.45) is 7.70. The molecule has 2 aliphatic heterocycles. The van der Waals surface area contributed by atoms with Gasteiger partial charge in [-0.1, -0.05) is 42.5 Å². The minimum Gasteiger partial charge on any atom is -0.361 e. The monoisotopic (exact) mass is 446 g/mol. The fourth-order valence-electron chi connectivity index (χ4n) is 4.92. The van der Waals surface area contributed by atoms with Crippen LogP contribution in [0.1, 0.15) is 23.2 Å². The van der Waals surface area contributed by atoms with E-state index in [1.165, 1.54) is 22.0 Å². The minimum atomic E-state index is -0.384. The van der Waals surface area contributed by atoms with Crippen molar-refractivity contribution in [3.05, 3.63) is 102 Å². The number of carbonyl (C=O) groups is 2. The Labute approximate surface area is 195 Å². The largest absolute Gasteiger partial charge is 0.361 e. The van der Waals surface area contributed by atoms with Crippen LogP contribution in [0.2, 0.25) is 0 Å². The number of hydrogen-bond acceptors (Lipinski definition) is 3. The maximum atomic E-state index is 12.6. The van der Waals surface area contributed by atoms with Gasteiger partial charge in [-0.2, -0.15) is 0 Å². The van der Waals surface area contributed by atoms with Crippen LogP contribution in [0, 0.1) is 0 Å². The summed E-state index contributed by atoms with van der Waals surface area (Å²) in [6.45, 7) is 0.926. The van der Waals surface area contributed by atoms with Gasteiger partial charge in [-0.15, -0.1) is 0 Å². The van der Waals surface area contributed by atoms with Crippen molar-refractivity contribution < 1.29 is 9.59 Å². The first-order valence-electron chi connectivity index (χ1n) is 11.4. The third kappa shape index (κ3) is 3.31. The third-order valence-corrected chi connectivity index (χ3v) is 6.41. The molecule has 0 atom stereocenters. The second-order valence-corrected chi connectivity index (χ2v) is 8.47. The van der Waals surface area contributed by atoms with Crippen molar-refractivity contribution in [3.8, 4) is 0 Å². The van der Waals surface area contributed by atoms with Crippen molar-refractivity contribution >= 4 is 44.8 Å². The molecular formula is C28H22N4O2. The van der Waals surface area contributed by atoms with Gasteiger partial charge in [0.2, 0.25) is 0 Å². The molecule has 2 amide bonds. The summed E-state index contributed by atoms with van der Waals surface area (Å²) in [4.78, 5) is 32.4. The molecule has 0 unspecified atom stereocenters. The van der Waals surface area contributed by atoms with Gasteiger partial charge in [-0.05, 0) is 48.1 Å². The van der Waals surface area contributed by atoms with Gasteiger partial charge >= 0.3 is 0 Å². The van der Waals surface area contributed by atoms with Gasteiger partial charge in [0, 0.05) is 41.6 Å². The number of imide groups is 1. The highest BCUT2D eigenvalue weighted by Gasteiger charge is 2.34. The lowest BCUT2D eigenvalue weighted by Crippen LogP contribution is -2.22. The summed E-state index contributed by atoms with van der Waals surface area (Å²) in [5.41, 5.74) is 5.78. The maximum absolute atomic E-state index is 12.6. The van der Waals surface area contributed by atoms with Crippen molar-refractivity contribution in [2.45, 2.75) is 19.4 Å². The predicted molar refractivity (Wildman–Crippen MR) is 133 cm³/mol. The molecule has 2 N–H and O–H groups in total. The molecule has 0 fully saturated rings. The molecule has 34 heavy (non-hydrogen) atoms. The molecule has 166 valence electrons. The number of aromatic nitrogens is 3. The first-order valence-corrected chi connectivity index (χ1v) is 11.4. The van der Waals surface area contributed by atoms with Crippen LogP contribution in [-0.2, 0) is 22.6 Å². The fourth-order valence-corrected chi connectivity index (χ4v) is 4.92. The summed E-state index contributed by atoms with van der Waals surface area (Å²) < 4.78 is 2.20. The van der Waals surface area contributed by atoms with Crippen LogP contribution in [-0.4, -0.2) is 26.3 Å². The summed E-state index contributed by atoms with van der Waals surface area (Å²) in [6, 6.07) is 21.8. The second kappa shape index (κ2) is 8.15. The molecule has 0 saturated carbocycles. The number of amides is 2. The zero-order chi connectivity index (χ0) is 23.1. The smallest absolute Gasteiger partial charge is 0.261 e. The van der Waals surface area contributed by atoms with E-state index in [0.29, 0.717) is 16.8 Å². The number of fused-ring (bicyclic) bond motifs is 1. The van der Waals surface area contributed by atoms with Gasteiger partial charge in [0.1, 0.15) is 0 Å². The van der Waals surface area contributed by atoms with Crippen molar-refractivity contribution in [1.29, 1.82) is 0 Å². The van der Waals surface area contributed by atoms with E-state index >= 15 is 0 Å². The molecular weight excluding hydrogens is 424 g/mol. The number of para-hydroxylation sites is 2.